The maximum absolute atomic E-state index is 14.1. The summed E-state index contributed by atoms with van der Waals surface area (Å²) < 4.78 is 17.7. The molecule has 0 spiro atoms. The normalized spacial score (nSPS) is 17.8. The lowest BCUT2D eigenvalue weighted by molar-refractivity contribution is -0.155. The quantitative estimate of drug-likeness (QED) is 0.157. The van der Waals surface area contributed by atoms with Gasteiger partial charge in [0.2, 0.25) is 5.90 Å². The van der Waals surface area contributed by atoms with Crippen LogP contribution in [0, 0.1) is 0 Å². The third-order valence-electron chi connectivity index (χ3n) is 7.26. The number of nitrogens with one attached hydrogen (secondary N) is 1. The first-order valence-corrected chi connectivity index (χ1v) is 15.1. The minimum absolute atomic E-state index is 0.0251. The van der Waals surface area contributed by atoms with Crippen LogP contribution in [0.1, 0.15) is 57.3 Å². The molecule has 0 fully saturated rings. The van der Waals surface area contributed by atoms with Crippen molar-refractivity contribution >= 4 is 17.8 Å². The number of carbonyl (C=O) groups is 2. The van der Waals surface area contributed by atoms with Crippen LogP contribution in [0.4, 0.5) is 0 Å². The minimum Gasteiger partial charge on any atom is -0.494 e. The number of amides is 1. The molecule has 10 heteroatoms. The highest BCUT2D eigenvalue weighted by molar-refractivity contribution is 6.01. The third kappa shape index (κ3) is 8.69. The number of hydrogen-bond acceptors (Lipinski definition) is 9. The Kier molecular flexibility index (Phi) is 11.3. The first-order valence-electron chi connectivity index (χ1n) is 15.1. The van der Waals surface area contributed by atoms with Gasteiger partial charge >= 0.3 is 5.97 Å². The van der Waals surface area contributed by atoms with Gasteiger partial charge in [0, 0.05) is 25.0 Å². The fraction of sp³-hybridized carbons (Fsp3) is 0.400. The van der Waals surface area contributed by atoms with Crippen molar-refractivity contribution in [1.82, 2.24) is 5.32 Å². The highest BCUT2D eigenvalue weighted by Crippen LogP contribution is 2.44. The van der Waals surface area contributed by atoms with Gasteiger partial charge < -0.3 is 34.8 Å². The van der Waals surface area contributed by atoms with Gasteiger partial charge in [-0.05, 0) is 68.1 Å². The van der Waals surface area contributed by atoms with Gasteiger partial charge in [-0.1, -0.05) is 54.6 Å². The maximum atomic E-state index is 14.1. The number of aliphatic imine (C=N–C) groups is 1. The predicted molar refractivity (Wildman–Crippen MR) is 170 cm³/mol. The zero-order valence-corrected chi connectivity index (χ0v) is 25.9. The molecule has 4 rings (SSSR count). The molecule has 1 aliphatic heterocycles. The lowest BCUT2D eigenvalue weighted by Gasteiger charge is -2.32. The van der Waals surface area contributed by atoms with E-state index in [0.29, 0.717) is 29.9 Å². The van der Waals surface area contributed by atoms with Gasteiger partial charge in [0.05, 0.1) is 25.9 Å². The number of nitrogens with zero attached hydrogens (tertiary/aromatic N) is 1. The summed E-state index contributed by atoms with van der Waals surface area (Å²) >= 11 is 0. The Bertz CT molecular complexity index is 1430. The van der Waals surface area contributed by atoms with E-state index in [0.717, 1.165) is 11.1 Å². The first kappa shape index (κ1) is 33.6. The number of hydrogen-bond donors (Lipinski definition) is 4. The average Bonchev–Trinajstić information content (AvgIpc) is 3.43. The van der Waals surface area contributed by atoms with E-state index in [9.17, 15) is 19.8 Å². The Morgan fingerprint density at radius 2 is 1.53 bits per heavy atom. The molecule has 1 aliphatic rings. The number of aliphatic hydroxyl groups excluding tert-OH is 3. The molecule has 0 saturated heterocycles. The van der Waals surface area contributed by atoms with Crippen LogP contribution in [0.15, 0.2) is 83.9 Å². The summed E-state index contributed by atoms with van der Waals surface area (Å²) in [6.07, 6.45) is -0.642. The Morgan fingerprint density at radius 1 is 0.911 bits per heavy atom. The number of ether oxygens (including phenoxy) is 3. The van der Waals surface area contributed by atoms with Gasteiger partial charge in [-0.3, -0.25) is 9.59 Å². The molecule has 0 bridgehead atoms. The number of aliphatic hydroxyl groups is 3. The number of esters is 1. The lowest BCUT2D eigenvalue weighted by atomic mass is 9.82. The molecular formula is C35H42N2O8. The Balaban J connectivity index is 1.75. The Labute approximate surface area is 263 Å². The summed E-state index contributed by atoms with van der Waals surface area (Å²) in [6.45, 7) is 4.71. The van der Waals surface area contributed by atoms with Crippen molar-refractivity contribution in [2.75, 3.05) is 26.4 Å². The average molecular weight is 619 g/mol. The standard InChI is InChI=1S/C35H42N2O8/c1-34(2,3)45-30(41)18-19-35(33(42)36-28(22-39)23-40)31(26-12-10-25(11-13-26)24-8-5-4-6-9-24)44-32(37-35)27-14-16-29(17-15-27)43-21-7-20-38/h4-6,8-17,28,31,38-40H,7,18-23H2,1-3H3,(H,36,42)/t31-,35-/m1/s1. The fourth-order valence-electron chi connectivity index (χ4n) is 5.00. The zero-order valence-electron chi connectivity index (χ0n) is 25.9. The SMILES string of the molecule is CC(C)(C)OC(=O)CC[C@@]1(C(=O)NC(CO)CO)N=C(c2ccc(OCCCO)cc2)O[C@@H]1c1ccc(-c2ccccc2)cc1. The van der Waals surface area contributed by atoms with Crippen molar-refractivity contribution in [3.63, 3.8) is 0 Å². The summed E-state index contributed by atoms with van der Waals surface area (Å²) in [4.78, 5) is 31.9. The van der Waals surface area contributed by atoms with E-state index in [2.05, 4.69) is 5.32 Å². The molecule has 0 saturated carbocycles. The Hall–Kier alpha value is -4.25. The lowest BCUT2D eigenvalue weighted by Crippen LogP contribution is -2.53. The second-order valence-electron chi connectivity index (χ2n) is 11.9. The van der Waals surface area contributed by atoms with Crippen LogP contribution in [0.3, 0.4) is 0 Å². The molecule has 0 radical (unpaired) electrons. The van der Waals surface area contributed by atoms with E-state index >= 15 is 0 Å². The van der Waals surface area contributed by atoms with E-state index in [-0.39, 0.29) is 25.3 Å². The molecule has 1 heterocycles. The highest BCUT2D eigenvalue weighted by atomic mass is 16.6. The van der Waals surface area contributed by atoms with Crippen LogP contribution in [0.5, 0.6) is 5.75 Å². The van der Waals surface area contributed by atoms with Crippen LogP contribution in [0.25, 0.3) is 11.1 Å². The smallest absolute Gasteiger partial charge is 0.306 e. The van der Waals surface area contributed by atoms with Gasteiger partial charge in [0.1, 0.15) is 11.4 Å². The molecule has 45 heavy (non-hydrogen) atoms. The summed E-state index contributed by atoms with van der Waals surface area (Å²) in [6, 6.07) is 23.5. The third-order valence-corrected chi connectivity index (χ3v) is 7.26. The van der Waals surface area contributed by atoms with Crippen molar-refractivity contribution in [2.24, 2.45) is 4.99 Å². The van der Waals surface area contributed by atoms with Crippen molar-refractivity contribution in [1.29, 1.82) is 0 Å². The van der Waals surface area contributed by atoms with E-state index in [4.69, 9.17) is 24.3 Å². The minimum atomic E-state index is -1.64. The summed E-state index contributed by atoms with van der Waals surface area (Å²) in [5, 5.41) is 31.3. The molecule has 1 amide bonds. The zero-order chi connectivity index (χ0) is 32.5. The largest absolute Gasteiger partial charge is 0.494 e. The number of carbonyl (C=O) groups excluding carboxylic acids is 2. The summed E-state index contributed by atoms with van der Waals surface area (Å²) in [7, 11) is 0. The van der Waals surface area contributed by atoms with Crippen LogP contribution in [-0.4, -0.2) is 76.7 Å². The highest BCUT2D eigenvalue weighted by Gasteiger charge is 2.53. The van der Waals surface area contributed by atoms with E-state index in [1.807, 2.05) is 54.6 Å². The van der Waals surface area contributed by atoms with Crippen LogP contribution >= 0.6 is 0 Å². The maximum Gasteiger partial charge on any atom is 0.306 e. The molecule has 3 aromatic carbocycles. The topological polar surface area (TPSA) is 147 Å². The van der Waals surface area contributed by atoms with E-state index in [1.165, 1.54) is 0 Å². The molecule has 0 aromatic heterocycles. The number of benzene rings is 3. The van der Waals surface area contributed by atoms with Crippen molar-refractivity contribution < 1.29 is 39.1 Å². The molecule has 4 N–H and O–H groups in total. The van der Waals surface area contributed by atoms with E-state index in [1.54, 1.807) is 45.0 Å². The molecule has 2 atom stereocenters. The molecule has 240 valence electrons. The van der Waals surface area contributed by atoms with Crippen LogP contribution < -0.4 is 10.1 Å². The van der Waals surface area contributed by atoms with Gasteiger partial charge in [-0.2, -0.15) is 0 Å². The van der Waals surface area contributed by atoms with Gasteiger partial charge in [0.15, 0.2) is 11.6 Å². The molecule has 0 unspecified atom stereocenters. The van der Waals surface area contributed by atoms with Crippen LogP contribution in [0.2, 0.25) is 0 Å². The van der Waals surface area contributed by atoms with E-state index < -0.39 is 48.4 Å². The summed E-state index contributed by atoms with van der Waals surface area (Å²) in [5.41, 5.74) is 0.875. The molecular weight excluding hydrogens is 576 g/mol. The van der Waals surface area contributed by atoms with Gasteiger partial charge in [-0.15, -0.1) is 0 Å². The second kappa shape index (κ2) is 15.2. The first-order chi connectivity index (χ1) is 21.6. The van der Waals surface area contributed by atoms with Crippen molar-refractivity contribution in [2.45, 2.75) is 63.3 Å². The second-order valence-corrected chi connectivity index (χ2v) is 11.9. The van der Waals surface area contributed by atoms with Gasteiger partial charge in [-0.25, -0.2) is 4.99 Å². The summed E-state index contributed by atoms with van der Waals surface area (Å²) in [5.74, 6) is -0.309. The fourth-order valence-corrected chi connectivity index (χ4v) is 5.00. The molecule has 3 aromatic rings. The Morgan fingerprint density at radius 3 is 2.13 bits per heavy atom. The van der Waals surface area contributed by atoms with Crippen molar-refractivity contribution in [3.05, 3.63) is 90.0 Å². The molecule has 0 aliphatic carbocycles. The number of rotatable bonds is 14. The molecule has 10 nitrogen and oxygen atoms in total. The van der Waals surface area contributed by atoms with Crippen LogP contribution in [-0.2, 0) is 19.1 Å². The monoisotopic (exact) mass is 618 g/mol. The van der Waals surface area contributed by atoms with Crippen molar-refractivity contribution in [3.8, 4) is 16.9 Å². The predicted octanol–water partition coefficient (Wildman–Crippen LogP) is 3.96. The van der Waals surface area contributed by atoms with Gasteiger partial charge in [0.25, 0.3) is 5.91 Å².